The smallest absolute Gasteiger partial charge is 0.870 e. The largest absolute Gasteiger partial charge is 1.00 e. The van der Waals surface area contributed by atoms with Gasteiger partial charge in [0.05, 0.1) is 39.7 Å². The van der Waals surface area contributed by atoms with E-state index < -0.39 is 53.6 Å². The van der Waals surface area contributed by atoms with Crippen molar-refractivity contribution < 1.29 is 81.7 Å². The van der Waals surface area contributed by atoms with Crippen LogP contribution in [0, 0.1) is 11.6 Å². The van der Waals surface area contributed by atoms with Crippen molar-refractivity contribution in [2.24, 2.45) is 0 Å². The van der Waals surface area contributed by atoms with E-state index in [-0.39, 0.29) is 131 Å². The number of aromatic nitrogens is 4. The number of carbonyl (C=O) groups is 8. The fraction of sp³-hybridized carbons (Fsp3) is 0.306. The van der Waals surface area contributed by atoms with Crippen LogP contribution >= 0.6 is 23.2 Å². The number of carboxylic acid groups (broad SMARTS) is 1. The number of rotatable bonds is 19. The number of ketones is 3. The van der Waals surface area contributed by atoms with Crippen LogP contribution in [0.15, 0.2) is 72.8 Å². The third-order valence-corrected chi connectivity index (χ3v) is 11.6. The van der Waals surface area contributed by atoms with Gasteiger partial charge in [-0.1, -0.05) is 47.5 Å². The van der Waals surface area contributed by atoms with Crippen molar-refractivity contribution in [1.82, 2.24) is 40.0 Å². The minimum atomic E-state index is -1.15. The van der Waals surface area contributed by atoms with Crippen molar-refractivity contribution in [2.75, 3.05) is 19.7 Å². The summed E-state index contributed by atoms with van der Waals surface area (Å²) in [7, 11) is 0. The zero-order chi connectivity index (χ0) is 52.4. The van der Waals surface area contributed by atoms with Gasteiger partial charge in [-0.3, -0.25) is 42.9 Å². The summed E-state index contributed by atoms with van der Waals surface area (Å²) < 4.78 is 30.8. The Morgan fingerprint density at radius 3 is 1.38 bits per heavy atom. The first-order valence-corrected chi connectivity index (χ1v) is 22.7. The molecule has 0 aliphatic rings. The molecule has 6 rings (SSSR count). The maximum atomic E-state index is 14.1. The van der Waals surface area contributed by atoms with Gasteiger partial charge in [-0.2, -0.15) is 10.2 Å². The van der Waals surface area contributed by atoms with Crippen LogP contribution in [0.1, 0.15) is 94.4 Å². The van der Waals surface area contributed by atoms with Gasteiger partial charge in [0.2, 0.25) is 23.6 Å². The first-order valence-electron chi connectivity index (χ1n) is 21.9. The van der Waals surface area contributed by atoms with E-state index in [1.54, 1.807) is 45.9 Å². The van der Waals surface area contributed by atoms with Gasteiger partial charge >= 0.3 is 24.8 Å². The monoisotopic (exact) mass is 1040 g/mol. The van der Waals surface area contributed by atoms with E-state index >= 15 is 0 Å². The van der Waals surface area contributed by atoms with E-state index in [1.807, 2.05) is 0 Å². The maximum Gasteiger partial charge on any atom is 1.00 e. The Morgan fingerprint density at radius 2 is 1.03 bits per heavy atom. The van der Waals surface area contributed by atoms with E-state index in [0.717, 1.165) is 0 Å². The number of amides is 4. The van der Waals surface area contributed by atoms with Gasteiger partial charge in [0, 0.05) is 66.5 Å². The number of Topliss-reactive ketones (excluding diaryl/α,β-unsaturated/α-hetero) is 3. The molecule has 19 nitrogen and oxygen atoms in total. The summed E-state index contributed by atoms with van der Waals surface area (Å²) in [5.41, 5.74) is 1.64. The molecular formula is C49H51Cl2F2LiN8O11. The molecule has 2 aromatic heterocycles. The Kier molecular flexibility index (Phi) is 22.1. The van der Waals surface area contributed by atoms with Crippen molar-refractivity contribution in [1.29, 1.82) is 0 Å². The van der Waals surface area contributed by atoms with Crippen LogP contribution in [0.4, 0.5) is 8.78 Å². The molecule has 0 saturated carbocycles. The van der Waals surface area contributed by atoms with Crippen LogP contribution in [-0.4, -0.2) is 124 Å². The number of carboxylic acids is 1. The van der Waals surface area contributed by atoms with E-state index in [1.165, 1.54) is 87.6 Å². The molecular weight excluding hydrogens is 992 g/mol. The predicted octanol–water partition coefficient (Wildman–Crippen LogP) is 2.87. The van der Waals surface area contributed by atoms with Gasteiger partial charge in [-0.15, -0.1) is 0 Å². The summed E-state index contributed by atoms with van der Waals surface area (Å²) in [6.45, 7) is 7.65. The number of fused-ring (bicyclic) bond motifs is 2. The molecule has 4 amide bonds. The number of hydrogen-bond acceptors (Lipinski definition) is 12. The van der Waals surface area contributed by atoms with E-state index in [0.29, 0.717) is 21.8 Å². The number of benzene rings is 4. The first kappa shape index (κ1) is 60.4. The molecule has 0 spiro atoms. The predicted molar refractivity (Wildman–Crippen MR) is 260 cm³/mol. The number of aliphatic hydroxyl groups is 1. The van der Waals surface area contributed by atoms with Crippen molar-refractivity contribution in [2.45, 2.75) is 79.8 Å². The van der Waals surface area contributed by atoms with Crippen LogP contribution in [0.25, 0.3) is 21.8 Å². The van der Waals surface area contributed by atoms with Crippen LogP contribution in [-0.2, 0) is 45.4 Å². The Bertz CT molecular complexity index is 3070. The molecule has 0 aliphatic heterocycles. The summed E-state index contributed by atoms with van der Waals surface area (Å²) in [5, 5.41) is 32.6. The molecule has 6 aromatic rings. The van der Waals surface area contributed by atoms with Crippen molar-refractivity contribution in [3.8, 4) is 0 Å². The Balaban J connectivity index is 0.000000375. The fourth-order valence-corrected chi connectivity index (χ4v) is 7.64. The maximum absolute atomic E-state index is 14.1. The van der Waals surface area contributed by atoms with Crippen LogP contribution in [0.5, 0.6) is 0 Å². The Labute approximate surface area is 439 Å². The standard InChI is InChI=1S/C25H26ClFN4O5.C24H24ClFN4O5.Li.H2O/c1-14(2)30(11-22(35)28-10-17-5-4-6-19(26)24(17)27)23(36)12-31-20-8-7-16(21(34)13-32)9-18(20)25(29-31)15(3)33;1-13(2)29(11-20(32)27-10-16-5-4-6-18(25)22(16)26)21(33)12-30-19-8-7-15(24(34)35)9-17(19)23(28-30)14(3)31;;/h4-9,14,32H,10-13H2,1-3H3,(H,28,35);4-9,13H,10-12H2,1-3H3,(H,27,32)(H,34,35);;1H2/q;;+1;/p-1. The molecule has 0 saturated heterocycles. The van der Waals surface area contributed by atoms with Crippen molar-refractivity contribution >= 4 is 92.0 Å². The van der Waals surface area contributed by atoms with Crippen LogP contribution < -0.4 is 29.5 Å². The molecule has 0 atom stereocenters. The number of nitrogens with one attached hydrogen (secondary N) is 2. The summed E-state index contributed by atoms with van der Waals surface area (Å²) in [6.07, 6.45) is 0. The number of nitrogens with zero attached hydrogens (tertiary/aromatic N) is 6. The molecule has 0 bridgehead atoms. The van der Waals surface area contributed by atoms with Crippen LogP contribution in [0.3, 0.4) is 0 Å². The molecule has 0 aliphatic carbocycles. The molecule has 5 N–H and O–H groups in total. The molecule has 0 fully saturated rings. The second-order valence-electron chi connectivity index (χ2n) is 16.7. The SMILES string of the molecule is CC(=O)c1nn(CC(=O)N(CC(=O)NCc2cccc(Cl)c2F)C(C)C)c2ccc(C(=O)CO)cc12.CC(=O)c1nn(CC(=O)N(CC(=O)NCc2cccc(Cl)c2F)C(C)C)c2ccc(C(=O)O)cc12.[Li+].[OH-]. The molecule has 73 heavy (non-hydrogen) atoms. The number of halogens is 4. The number of aromatic carboxylic acids is 1. The Hall–Kier alpha value is -6.86. The second-order valence-corrected chi connectivity index (χ2v) is 17.5. The number of aliphatic hydroxyl groups excluding tert-OH is 1. The summed E-state index contributed by atoms with van der Waals surface area (Å²) in [5.74, 6) is -5.48. The summed E-state index contributed by atoms with van der Waals surface area (Å²) in [6, 6.07) is 16.9. The normalized spacial score (nSPS) is 10.8. The van der Waals surface area contributed by atoms with Crippen molar-refractivity contribution in [3.05, 3.63) is 128 Å². The van der Waals surface area contributed by atoms with E-state index in [9.17, 15) is 52.2 Å². The minimum absolute atomic E-state index is 0. The third-order valence-electron chi connectivity index (χ3n) is 11.0. The van der Waals surface area contributed by atoms with Gasteiger partial charge in [0.25, 0.3) is 0 Å². The molecule has 0 unspecified atom stereocenters. The average molecular weight is 1040 g/mol. The van der Waals surface area contributed by atoms with Crippen LogP contribution in [0.2, 0.25) is 10.0 Å². The second kappa shape index (κ2) is 26.7. The Morgan fingerprint density at radius 1 is 0.644 bits per heavy atom. The quantitative estimate of drug-likeness (QED) is 0.0672. The first-order chi connectivity index (χ1) is 33.5. The summed E-state index contributed by atoms with van der Waals surface area (Å²) in [4.78, 5) is 101. The van der Waals surface area contributed by atoms with Crippen molar-refractivity contribution in [3.63, 3.8) is 0 Å². The summed E-state index contributed by atoms with van der Waals surface area (Å²) >= 11 is 11.5. The van der Waals surface area contributed by atoms with Gasteiger partial charge in [-0.25, -0.2) is 13.6 Å². The third kappa shape index (κ3) is 15.1. The fourth-order valence-electron chi connectivity index (χ4n) is 7.25. The van der Waals surface area contributed by atoms with Gasteiger partial charge < -0.3 is 36.1 Å². The molecule has 0 radical (unpaired) electrons. The number of hydrogen-bond donors (Lipinski definition) is 4. The molecule has 382 valence electrons. The molecule has 4 aromatic carbocycles. The van der Waals surface area contributed by atoms with E-state index in [4.69, 9.17) is 28.3 Å². The topological polar surface area (TPSA) is 273 Å². The van der Waals surface area contributed by atoms with Gasteiger partial charge in [0.15, 0.2) is 17.3 Å². The van der Waals surface area contributed by atoms with E-state index in [2.05, 4.69) is 20.8 Å². The van der Waals surface area contributed by atoms with Gasteiger partial charge in [0.1, 0.15) is 42.7 Å². The zero-order valence-electron chi connectivity index (χ0n) is 40.8. The average Bonchev–Trinajstić information content (AvgIpc) is 3.88. The molecule has 24 heteroatoms. The van der Waals surface area contributed by atoms with Gasteiger partial charge in [-0.05, 0) is 76.2 Å². The number of carbonyl (C=O) groups excluding carboxylic acids is 7. The molecule has 2 heterocycles. The minimum Gasteiger partial charge on any atom is -0.870 e. The zero-order valence-corrected chi connectivity index (χ0v) is 42.3.